The minimum Gasteiger partial charge on any atom is -0.548 e. The first-order chi connectivity index (χ1) is 10.2. The van der Waals surface area contributed by atoms with Gasteiger partial charge in [-0.2, -0.15) is 0 Å². The van der Waals surface area contributed by atoms with E-state index >= 15 is 0 Å². The van der Waals surface area contributed by atoms with Crippen LogP contribution in [0.2, 0.25) is 0 Å². The second-order valence-corrected chi connectivity index (χ2v) is 4.95. The van der Waals surface area contributed by atoms with Crippen LogP contribution < -0.4 is 10.4 Å². The maximum atomic E-state index is 11.4. The molecule has 21 heavy (non-hydrogen) atoms. The number of carbonyl (C=O) groups excluding carboxylic acids is 1. The summed E-state index contributed by atoms with van der Waals surface area (Å²) in [6.45, 7) is 0. The van der Waals surface area contributed by atoms with E-state index < -0.39 is 12.0 Å². The molecule has 0 spiro atoms. The Kier molecular flexibility index (Phi) is 3.60. The average Bonchev–Trinajstić information content (AvgIpc) is 2.91. The molecule has 1 heterocycles. The van der Waals surface area contributed by atoms with Gasteiger partial charge in [0.1, 0.15) is 0 Å². The van der Waals surface area contributed by atoms with Crippen molar-refractivity contribution in [2.24, 2.45) is 0 Å². The highest BCUT2D eigenvalue weighted by molar-refractivity contribution is 5.93. The zero-order valence-corrected chi connectivity index (χ0v) is 11.4. The van der Waals surface area contributed by atoms with Crippen molar-refractivity contribution in [2.75, 3.05) is 5.32 Å². The van der Waals surface area contributed by atoms with Gasteiger partial charge >= 0.3 is 0 Å². The summed E-state index contributed by atoms with van der Waals surface area (Å²) < 4.78 is 0. The molecule has 3 rings (SSSR count). The summed E-state index contributed by atoms with van der Waals surface area (Å²) in [4.78, 5) is 14.5. The van der Waals surface area contributed by atoms with E-state index in [1.54, 1.807) is 6.20 Å². The van der Waals surface area contributed by atoms with Crippen LogP contribution >= 0.6 is 0 Å². The molecule has 0 aliphatic carbocycles. The number of fused-ring (bicyclic) bond motifs is 1. The number of aromatic amines is 1. The third-order valence-electron chi connectivity index (χ3n) is 3.49. The molecule has 0 aliphatic rings. The van der Waals surface area contributed by atoms with Crippen molar-refractivity contribution >= 4 is 22.6 Å². The maximum Gasteiger partial charge on any atom is 0.0699 e. The predicted octanol–water partition coefficient (Wildman–Crippen LogP) is 1.94. The Hall–Kier alpha value is -2.75. The first kappa shape index (κ1) is 13.2. The summed E-state index contributed by atoms with van der Waals surface area (Å²) in [6, 6.07) is 16.5. The standard InChI is InChI=1S/C17H16N2O2/c20-17(21)15(10-12-6-2-1-3-7-12)19-16-11-18-14-9-5-4-8-13(14)16/h1-9,11,15,18-19H,10H2,(H,20,21)/p-1. The molecular weight excluding hydrogens is 264 g/mol. The minimum atomic E-state index is -1.11. The highest BCUT2D eigenvalue weighted by Gasteiger charge is 2.13. The number of aromatic nitrogens is 1. The van der Waals surface area contributed by atoms with E-state index in [2.05, 4.69) is 10.3 Å². The lowest BCUT2D eigenvalue weighted by Crippen LogP contribution is -2.42. The van der Waals surface area contributed by atoms with E-state index in [0.29, 0.717) is 6.42 Å². The molecule has 106 valence electrons. The lowest BCUT2D eigenvalue weighted by Gasteiger charge is -2.20. The lowest BCUT2D eigenvalue weighted by molar-refractivity contribution is -0.306. The van der Waals surface area contributed by atoms with Crippen molar-refractivity contribution in [1.29, 1.82) is 0 Å². The van der Waals surface area contributed by atoms with Crippen molar-refractivity contribution in [3.63, 3.8) is 0 Å². The van der Waals surface area contributed by atoms with E-state index in [1.165, 1.54) is 0 Å². The largest absolute Gasteiger partial charge is 0.548 e. The lowest BCUT2D eigenvalue weighted by atomic mass is 10.1. The number of aliphatic carboxylic acids is 1. The second kappa shape index (κ2) is 5.71. The molecule has 3 aromatic rings. The summed E-state index contributed by atoms with van der Waals surface area (Å²) in [5.41, 5.74) is 2.70. The molecule has 0 aliphatic heterocycles. The van der Waals surface area contributed by atoms with Crippen LogP contribution in [0.1, 0.15) is 5.56 Å². The Labute approximate surface area is 122 Å². The average molecular weight is 279 g/mol. The van der Waals surface area contributed by atoms with Crippen LogP contribution in [0.3, 0.4) is 0 Å². The Morgan fingerprint density at radius 2 is 1.81 bits per heavy atom. The van der Waals surface area contributed by atoms with Gasteiger partial charge in [-0.15, -0.1) is 0 Å². The number of carboxylic acids is 1. The Morgan fingerprint density at radius 3 is 2.57 bits per heavy atom. The fourth-order valence-electron chi connectivity index (χ4n) is 2.42. The molecule has 0 saturated heterocycles. The summed E-state index contributed by atoms with van der Waals surface area (Å²) >= 11 is 0. The number of hydrogen-bond acceptors (Lipinski definition) is 3. The summed E-state index contributed by atoms with van der Waals surface area (Å²) in [5.74, 6) is -1.11. The molecule has 1 aromatic heterocycles. The highest BCUT2D eigenvalue weighted by atomic mass is 16.4. The van der Waals surface area contributed by atoms with E-state index in [9.17, 15) is 9.90 Å². The predicted molar refractivity (Wildman–Crippen MR) is 80.9 cm³/mol. The van der Waals surface area contributed by atoms with Crippen molar-refractivity contribution in [3.05, 3.63) is 66.4 Å². The Balaban J connectivity index is 1.84. The normalized spacial score (nSPS) is 12.2. The van der Waals surface area contributed by atoms with Gasteiger partial charge in [-0.3, -0.25) is 0 Å². The van der Waals surface area contributed by atoms with Crippen LogP contribution in [0.15, 0.2) is 60.8 Å². The fraction of sp³-hybridized carbons (Fsp3) is 0.118. The first-order valence-corrected chi connectivity index (χ1v) is 6.81. The number of hydrogen-bond donors (Lipinski definition) is 2. The first-order valence-electron chi connectivity index (χ1n) is 6.81. The van der Waals surface area contributed by atoms with E-state index in [1.807, 2.05) is 54.6 Å². The third kappa shape index (κ3) is 2.89. The van der Waals surface area contributed by atoms with Crippen LogP contribution in [0.25, 0.3) is 10.9 Å². The van der Waals surface area contributed by atoms with E-state index in [4.69, 9.17) is 0 Å². The van der Waals surface area contributed by atoms with Crippen molar-refractivity contribution in [1.82, 2.24) is 4.98 Å². The van der Waals surface area contributed by atoms with Crippen LogP contribution in [-0.4, -0.2) is 17.0 Å². The molecular formula is C17H15N2O2-. The van der Waals surface area contributed by atoms with Gasteiger partial charge in [0.25, 0.3) is 0 Å². The monoisotopic (exact) mass is 279 g/mol. The number of nitrogens with one attached hydrogen (secondary N) is 2. The quantitative estimate of drug-likeness (QED) is 0.750. The molecule has 4 nitrogen and oxygen atoms in total. The number of benzene rings is 2. The van der Waals surface area contributed by atoms with Gasteiger partial charge in [-0.25, -0.2) is 0 Å². The number of para-hydroxylation sites is 1. The van der Waals surface area contributed by atoms with Crippen LogP contribution in [0.5, 0.6) is 0 Å². The third-order valence-corrected chi connectivity index (χ3v) is 3.49. The molecule has 0 fully saturated rings. The second-order valence-electron chi connectivity index (χ2n) is 4.95. The van der Waals surface area contributed by atoms with Crippen molar-refractivity contribution < 1.29 is 9.90 Å². The number of H-pyrrole nitrogens is 1. The maximum absolute atomic E-state index is 11.4. The minimum absolute atomic E-state index is 0.378. The van der Waals surface area contributed by atoms with Gasteiger partial charge in [0.2, 0.25) is 0 Å². The Bertz CT molecular complexity index is 750. The topological polar surface area (TPSA) is 67.9 Å². The van der Waals surface area contributed by atoms with Gasteiger partial charge in [-0.05, 0) is 18.1 Å². The SMILES string of the molecule is O=C([O-])C(Cc1ccccc1)Nc1c[nH]c2ccccc12. The van der Waals surface area contributed by atoms with Gasteiger partial charge in [0.15, 0.2) is 0 Å². The van der Waals surface area contributed by atoms with Crippen LogP contribution in [0.4, 0.5) is 5.69 Å². The van der Waals surface area contributed by atoms with Gasteiger partial charge < -0.3 is 20.2 Å². The summed E-state index contributed by atoms with van der Waals surface area (Å²) in [5, 5.41) is 15.4. The summed E-state index contributed by atoms with van der Waals surface area (Å²) in [6.07, 6.45) is 2.16. The molecule has 1 atom stereocenters. The molecule has 0 saturated carbocycles. The van der Waals surface area contributed by atoms with E-state index in [-0.39, 0.29) is 0 Å². The summed E-state index contributed by atoms with van der Waals surface area (Å²) in [7, 11) is 0. The van der Waals surface area contributed by atoms with Gasteiger partial charge in [0, 0.05) is 17.1 Å². The molecule has 0 amide bonds. The molecule has 2 N–H and O–H groups in total. The van der Waals surface area contributed by atoms with E-state index in [0.717, 1.165) is 22.2 Å². The Morgan fingerprint density at radius 1 is 1.10 bits per heavy atom. The van der Waals surface area contributed by atoms with Crippen molar-refractivity contribution in [2.45, 2.75) is 12.5 Å². The van der Waals surface area contributed by atoms with Gasteiger partial charge in [0.05, 0.1) is 17.7 Å². The number of rotatable bonds is 5. The number of carbonyl (C=O) groups is 1. The molecule has 1 unspecified atom stereocenters. The smallest absolute Gasteiger partial charge is 0.0699 e. The molecule has 2 aromatic carbocycles. The molecule has 0 bridgehead atoms. The van der Waals surface area contributed by atoms with Crippen LogP contribution in [-0.2, 0) is 11.2 Å². The number of anilines is 1. The molecule has 4 heteroatoms. The van der Waals surface area contributed by atoms with Crippen LogP contribution in [0, 0.1) is 0 Å². The van der Waals surface area contributed by atoms with Crippen molar-refractivity contribution in [3.8, 4) is 0 Å². The molecule has 0 radical (unpaired) electrons. The highest BCUT2D eigenvalue weighted by Crippen LogP contribution is 2.23. The zero-order valence-electron chi connectivity index (χ0n) is 11.4. The van der Waals surface area contributed by atoms with Gasteiger partial charge in [-0.1, -0.05) is 48.5 Å². The number of carboxylic acid groups (broad SMARTS) is 1. The zero-order chi connectivity index (χ0) is 14.7. The fourth-order valence-corrected chi connectivity index (χ4v) is 2.42.